The third-order valence-electron chi connectivity index (χ3n) is 3.05. The summed E-state index contributed by atoms with van der Waals surface area (Å²) in [4.78, 5) is 11.8. The van der Waals surface area contributed by atoms with Gasteiger partial charge in [-0.15, -0.1) is 12.4 Å². The average Bonchev–Trinajstić information content (AvgIpc) is 2.50. The summed E-state index contributed by atoms with van der Waals surface area (Å²) in [7, 11) is 0. The summed E-state index contributed by atoms with van der Waals surface area (Å²) in [6.07, 6.45) is 5.04. The summed E-state index contributed by atoms with van der Waals surface area (Å²) in [6, 6.07) is 0. The molecule has 0 bridgehead atoms. The first kappa shape index (κ1) is 15.7. The van der Waals surface area contributed by atoms with E-state index in [9.17, 15) is 4.79 Å². The molecule has 0 spiro atoms. The van der Waals surface area contributed by atoms with Gasteiger partial charge in [0.25, 0.3) is 0 Å². The Balaban J connectivity index is 0.00000225. The zero-order valence-corrected chi connectivity index (χ0v) is 11.5. The SMILES string of the molecule is CC(C)(C)CC(=O)NC1(CN)CCCC1.Cl. The molecular weight excluding hydrogens is 224 g/mol. The number of carbonyl (C=O) groups excluding carboxylic acids is 1. The number of hydrogen-bond acceptors (Lipinski definition) is 2. The molecule has 3 nitrogen and oxygen atoms in total. The molecule has 0 atom stereocenters. The highest BCUT2D eigenvalue weighted by Crippen LogP contribution is 2.29. The largest absolute Gasteiger partial charge is 0.349 e. The highest BCUT2D eigenvalue weighted by atomic mass is 35.5. The summed E-state index contributed by atoms with van der Waals surface area (Å²) in [6.45, 7) is 6.81. The lowest BCUT2D eigenvalue weighted by Gasteiger charge is -2.30. The standard InChI is InChI=1S/C12H24N2O.ClH/c1-11(2,3)8-10(15)14-12(9-13)6-4-5-7-12;/h4-9,13H2,1-3H3,(H,14,15);1H. The zero-order chi connectivity index (χ0) is 11.5. The normalized spacial score (nSPS) is 19.0. The molecule has 3 N–H and O–H groups in total. The Morgan fingerprint density at radius 1 is 1.31 bits per heavy atom. The molecule has 1 amide bonds. The molecule has 0 aliphatic heterocycles. The van der Waals surface area contributed by atoms with E-state index >= 15 is 0 Å². The van der Waals surface area contributed by atoms with E-state index in [0.717, 1.165) is 12.8 Å². The van der Waals surface area contributed by atoms with E-state index in [1.165, 1.54) is 12.8 Å². The van der Waals surface area contributed by atoms with E-state index < -0.39 is 0 Å². The van der Waals surface area contributed by atoms with Gasteiger partial charge in [-0.05, 0) is 18.3 Å². The first-order valence-corrected chi connectivity index (χ1v) is 5.88. The first-order chi connectivity index (χ1) is 6.87. The fraction of sp³-hybridized carbons (Fsp3) is 0.917. The summed E-state index contributed by atoms with van der Waals surface area (Å²) in [5.41, 5.74) is 5.73. The fourth-order valence-corrected chi connectivity index (χ4v) is 2.25. The third kappa shape index (κ3) is 4.71. The van der Waals surface area contributed by atoms with Crippen molar-refractivity contribution in [1.29, 1.82) is 0 Å². The smallest absolute Gasteiger partial charge is 0.220 e. The minimum atomic E-state index is -0.0949. The molecule has 1 aliphatic carbocycles. The summed E-state index contributed by atoms with van der Waals surface area (Å²) >= 11 is 0. The van der Waals surface area contributed by atoms with Gasteiger partial charge < -0.3 is 11.1 Å². The Morgan fingerprint density at radius 2 is 1.81 bits per heavy atom. The van der Waals surface area contributed by atoms with Crippen molar-refractivity contribution in [1.82, 2.24) is 5.32 Å². The predicted molar refractivity (Wildman–Crippen MR) is 69.7 cm³/mol. The first-order valence-electron chi connectivity index (χ1n) is 5.88. The van der Waals surface area contributed by atoms with Gasteiger partial charge in [0.2, 0.25) is 5.91 Å². The topological polar surface area (TPSA) is 55.1 Å². The molecule has 0 aromatic rings. The molecule has 0 heterocycles. The van der Waals surface area contributed by atoms with E-state index in [1.54, 1.807) is 0 Å². The molecule has 1 rings (SSSR count). The second-order valence-electron chi connectivity index (χ2n) is 5.98. The van der Waals surface area contributed by atoms with E-state index in [2.05, 4.69) is 26.1 Å². The molecule has 0 aromatic carbocycles. The predicted octanol–water partition coefficient (Wildman–Crippen LogP) is 2.23. The van der Waals surface area contributed by atoms with E-state index in [-0.39, 0.29) is 29.3 Å². The van der Waals surface area contributed by atoms with Crippen molar-refractivity contribution in [3.05, 3.63) is 0 Å². The maximum absolute atomic E-state index is 11.8. The number of nitrogens with two attached hydrogens (primary N) is 1. The molecule has 0 radical (unpaired) electrons. The lowest BCUT2D eigenvalue weighted by Crippen LogP contribution is -2.52. The molecule has 1 aliphatic rings. The number of hydrogen-bond donors (Lipinski definition) is 2. The van der Waals surface area contributed by atoms with Crippen LogP contribution in [0.15, 0.2) is 0 Å². The van der Waals surface area contributed by atoms with Gasteiger partial charge in [0, 0.05) is 13.0 Å². The van der Waals surface area contributed by atoms with Gasteiger partial charge in [-0.3, -0.25) is 4.79 Å². The Bertz CT molecular complexity index is 230. The van der Waals surface area contributed by atoms with Crippen LogP contribution in [0.25, 0.3) is 0 Å². The van der Waals surface area contributed by atoms with Gasteiger partial charge in [0.05, 0.1) is 5.54 Å². The van der Waals surface area contributed by atoms with Crippen molar-refractivity contribution in [2.24, 2.45) is 11.1 Å². The van der Waals surface area contributed by atoms with Crippen molar-refractivity contribution in [2.45, 2.75) is 58.4 Å². The monoisotopic (exact) mass is 248 g/mol. The van der Waals surface area contributed by atoms with Crippen LogP contribution in [0.3, 0.4) is 0 Å². The summed E-state index contributed by atoms with van der Waals surface area (Å²) in [5.74, 6) is 0.148. The maximum Gasteiger partial charge on any atom is 0.220 e. The van der Waals surface area contributed by atoms with E-state index in [0.29, 0.717) is 13.0 Å². The number of nitrogens with one attached hydrogen (secondary N) is 1. The van der Waals surface area contributed by atoms with Crippen molar-refractivity contribution in [3.63, 3.8) is 0 Å². The molecular formula is C12H25ClN2O. The zero-order valence-electron chi connectivity index (χ0n) is 10.6. The fourth-order valence-electron chi connectivity index (χ4n) is 2.25. The third-order valence-corrected chi connectivity index (χ3v) is 3.05. The Kier molecular flexibility index (Phi) is 5.77. The molecule has 0 saturated heterocycles. The lowest BCUT2D eigenvalue weighted by molar-refractivity contribution is -0.124. The van der Waals surface area contributed by atoms with E-state index in [4.69, 9.17) is 5.73 Å². The van der Waals surface area contributed by atoms with Gasteiger partial charge in [0.15, 0.2) is 0 Å². The van der Waals surface area contributed by atoms with Crippen LogP contribution in [0, 0.1) is 5.41 Å². The molecule has 4 heteroatoms. The summed E-state index contributed by atoms with van der Waals surface area (Å²) < 4.78 is 0. The van der Waals surface area contributed by atoms with E-state index in [1.807, 2.05) is 0 Å². The van der Waals surface area contributed by atoms with Gasteiger partial charge in [-0.25, -0.2) is 0 Å². The average molecular weight is 249 g/mol. The van der Waals surface area contributed by atoms with Gasteiger partial charge >= 0.3 is 0 Å². The van der Waals surface area contributed by atoms with Crippen molar-refractivity contribution in [2.75, 3.05) is 6.54 Å². The highest BCUT2D eigenvalue weighted by Gasteiger charge is 2.34. The minimum Gasteiger partial charge on any atom is -0.349 e. The van der Waals surface area contributed by atoms with Crippen LogP contribution in [-0.2, 0) is 4.79 Å². The summed E-state index contributed by atoms with van der Waals surface area (Å²) in [5, 5.41) is 3.13. The Morgan fingerprint density at radius 3 is 2.19 bits per heavy atom. The number of halogens is 1. The molecule has 0 aromatic heterocycles. The van der Waals surface area contributed by atoms with Crippen molar-refractivity contribution >= 4 is 18.3 Å². The van der Waals surface area contributed by atoms with Crippen LogP contribution in [0.4, 0.5) is 0 Å². The molecule has 0 unspecified atom stereocenters. The van der Waals surface area contributed by atoms with Crippen LogP contribution in [-0.4, -0.2) is 18.0 Å². The maximum atomic E-state index is 11.8. The number of amides is 1. The Hall–Kier alpha value is -0.280. The van der Waals surface area contributed by atoms with Gasteiger partial charge in [-0.2, -0.15) is 0 Å². The molecule has 96 valence electrons. The van der Waals surface area contributed by atoms with Crippen molar-refractivity contribution in [3.8, 4) is 0 Å². The van der Waals surface area contributed by atoms with Crippen LogP contribution >= 0.6 is 12.4 Å². The quantitative estimate of drug-likeness (QED) is 0.805. The molecule has 1 fully saturated rings. The van der Waals surface area contributed by atoms with Crippen LogP contribution in [0.5, 0.6) is 0 Å². The van der Waals surface area contributed by atoms with Crippen LogP contribution in [0.2, 0.25) is 0 Å². The van der Waals surface area contributed by atoms with Crippen LogP contribution < -0.4 is 11.1 Å². The Labute approximate surface area is 105 Å². The second-order valence-corrected chi connectivity index (χ2v) is 5.98. The second kappa shape index (κ2) is 5.87. The highest BCUT2D eigenvalue weighted by molar-refractivity contribution is 5.85. The number of carbonyl (C=O) groups is 1. The van der Waals surface area contributed by atoms with Gasteiger partial charge in [0.1, 0.15) is 0 Å². The molecule has 16 heavy (non-hydrogen) atoms. The lowest BCUT2D eigenvalue weighted by atomic mass is 9.90. The number of rotatable bonds is 3. The van der Waals surface area contributed by atoms with Crippen molar-refractivity contribution < 1.29 is 4.79 Å². The minimum absolute atomic E-state index is 0. The molecule has 1 saturated carbocycles. The van der Waals surface area contributed by atoms with Crippen LogP contribution in [0.1, 0.15) is 52.9 Å². The van der Waals surface area contributed by atoms with Gasteiger partial charge in [-0.1, -0.05) is 33.6 Å².